The molecule has 1 unspecified atom stereocenters. The van der Waals surface area contributed by atoms with E-state index in [1.165, 1.54) is 20.1 Å². The number of hydrogen-bond acceptors (Lipinski definition) is 11. The second-order valence-electron chi connectivity index (χ2n) is 16.7. The lowest BCUT2D eigenvalue weighted by molar-refractivity contribution is -0.143. The zero-order valence-corrected chi connectivity index (χ0v) is 33.0. The quantitative estimate of drug-likeness (QED) is 0.0485. The fraction of sp³-hybridized carbons (Fsp3) is 0.457. The van der Waals surface area contributed by atoms with Crippen LogP contribution in [-0.2, 0) is 38.8 Å². The molecule has 304 valence electrons. The number of carboxylic acids is 1. The summed E-state index contributed by atoms with van der Waals surface area (Å²) in [5, 5.41) is 50.2. The van der Waals surface area contributed by atoms with Crippen molar-refractivity contribution in [2.45, 2.75) is 103 Å². The number of nitrogens with one attached hydrogen (secondary N) is 1. The highest BCUT2D eigenvalue weighted by atomic mass is 16.5. The number of aromatic hydroxyl groups is 1. The van der Waals surface area contributed by atoms with E-state index < -0.39 is 36.3 Å². The van der Waals surface area contributed by atoms with E-state index in [0.717, 1.165) is 38.5 Å². The number of anilines is 1. The zero-order valence-electron chi connectivity index (χ0n) is 33.0. The minimum atomic E-state index is -0.920. The van der Waals surface area contributed by atoms with Gasteiger partial charge in [-0.25, -0.2) is 0 Å². The van der Waals surface area contributed by atoms with Crippen LogP contribution in [0.5, 0.6) is 11.5 Å². The summed E-state index contributed by atoms with van der Waals surface area (Å²) in [5.74, 6) is -2.35. The SMILES string of the molecule is COc1c(O)c2c(=O)cc(CO)c3c4c(CO)cc(NCC5CCC(OC=O)CC5)c5c(=O)c(CCC6CCC(C(=O)O)CC6)c6c(c(c1C(C(C)=O)C(C)=C6)c23)c54. The number of hydrogen-bond donors (Lipinski definition) is 5. The van der Waals surface area contributed by atoms with Crippen molar-refractivity contribution in [1.82, 2.24) is 0 Å². The molecule has 1 atom stereocenters. The van der Waals surface area contributed by atoms with E-state index in [4.69, 9.17) is 9.47 Å². The van der Waals surface area contributed by atoms with Crippen LogP contribution in [-0.4, -0.2) is 58.4 Å². The number of rotatable bonds is 13. The van der Waals surface area contributed by atoms with Crippen LogP contribution in [0.2, 0.25) is 0 Å². The summed E-state index contributed by atoms with van der Waals surface area (Å²) >= 11 is 0. The Hall–Kier alpha value is -5.33. The number of carboxylic acid groups (broad SMARTS) is 1. The summed E-state index contributed by atoms with van der Waals surface area (Å²) < 4.78 is 11.1. The number of carbonyl (C=O) groups is 3. The van der Waals surface area contributed by atoms with E-state index in [0.29, 0.717) is 110 Å². The molecule has 2 fully saturated rings. The van der Waals surface area contributed by atoms with Gasteiger partial charge in [0, 0.05) is 34.1 Å². The van der Waals surface area contributed by atoms with Gasteiger partial charge in [0.2, 0.25) is 0 Å². The highest BCUT2D eigenvalue weighted by molar-refractivity contribution is 6.39. The first-order valence-corrected chi connectivity index (χ1v) is 20.3. The van der Waals surface area contributed by atoms with Crippen molar-refractivity contribution in [2.75, 3.05) is 19.0 Å². The van der Waals surface area contributed by atoms with Crippen molar-refractivity contribution in [1.29, 1.82) is 0 Å². The molecule has 0 heterocycles. The Morgan fingerprint density at radius 3 is 2.09 bits per heavy atom. The smallest absolute Gasteiger partial charge is 0.306 e. The summed E-state index contributed by atoms with van der Waals surface area (Å²) in [4.78, 5) is 66.0. The first-order chi connectivity index (χ1) is 27.9. The highest BCUT2D eigenvalue weighted by Crippen LogP contribution is 2.55. The first-order valence-electron chi connectivity index (χ1n) is 20.3. The normalized spacial score (nSPS) is 22.1. The standard InChI is InChI=1S/C46H49NO11/c1-21-14-30-29(13-8-23-4-9-25(10-5-23)46(55)56)43(53)37-31(47-17-24-6-11-28(12-7-24)58-20-50)15-26(18-48)34-35-27(19-49)16-32(52)38-40(35)41(36(30)39(34)37)42(33(21)22(2)51)45(57-3)44(38)54/h14-16,20,23-25,28,33,47-49,54H,4-13,17-19H2,1-3H3,(H,55,56). The lowest BCUT2D eigenvalue weighted by Gasteiger charge is -2.29. The van der Waals surface area contributed by atoms with Crippen LogP contribution in [0.25, 0.3) is 49.2 Å². The molecule has 0 aromatic heterocycles. The van der Waals surface area contributed by atoms with Gasteiger partial charge in [-0.05, 0) is 140 Å². The van der Waals surface area contributed by atoms with Gasteiger partial charge >= 0.3 is 5.97 Å². The Bertz CT molecular complexity index is 2630. The molecule has 0 aliphatic heterocycles. The van der Waals surface area contributed by atoms with Gasteiger partial charge in [0.15, 0.2) is 22.4 Å². The number of allylic oxidation sites excluding steroid dienone is 1. The first kappa shape index (κ1) is 39.5. The van der Waals surface area contributed by atoms with Gasteiger partial charge in [0.05, 0.1) is 42.9 Å². The maximum atomic E-state index is 15.5. The summed E-state index contributed by atoms with van der Waals surface area (Å²) in [6.07, 6.45) is 8.40. The van der Waals surface area contributed by atoms with E-state index in [2.05, 4.69) is 5.32 Å². The number of benzene rings is 5. The minimum Gasteiger partial charge on any atom is -0.504 e. The van der Waals surface area contributed by atoms with Crippen LogP contribution in [0.3, 0.4) is 0 Å². The Morgan fingerprint density at radius 2 is 1.48 bits per heavy atom. The van der Waals surface area contributed by atoms with E-state index in [1.807, 2.05) is 13.0 Å². The Morgan fingerprint density at radius 1 is 0.845 bits per heavy atom. The van der Waals surface area contributed by atoms with Crippen molar-refractivity contribution in [3.63, 3.8) is 0 Å². The Labute approximate surface area is 334 Å². The minimum absolute atomic E-state index is 0.0199. The summed E-state index contributed by atoms with van der Waals surface area (Å²) in [7, 11) is 1.38. The van der Waals surface area contributed by atoms with Gasteiger partial charge in [-0.15, -0.1) is 0 Å². The van der Waals surface area contributed by atoms with E-state index in [9.17, 15) is 39.6 Å². The molecule has 58 heavy (non-hydrogen) atoms. The molecule has 3 aliphatic rings. The van der Waals surface area contributed by atoms with E-state index in [-0.39, 0.29) is 51.8 Å². The molecule has 12 nitrogen and oxygen atoms in total. The van der Waals surface area contributed by atoms with Gasteiger partial charge in [0.1, 0.15) is 11.9 Å². The molecule has 0 spiro atoms. The number of carbonyl (C=O) groups excluding carboxylic acids is 2. The molecule has 0 radical (unpaired) electrons. The number of phenolic OH excluding ortho intramolecular Hbond substituents is 1. The number of ketones is 1. The number of Topliss-reactive ketones (excluding diaryl/α,β-unsaturated/α-hetero) is 1. The summed E-state index contributed by atoms with van der Waals surface area (Å²) in [5.41, 5.74) is 2.56. The topological polar surface area (TPSA) is 197 Å². The molecule has 5 aromatic carbocycles. The number of ether oxygens (including phenoxy) is 2. The Kier molecular flexibility index (Phi) is 10.5. The van der Waals surface area contributed by atoms with Gasteiger partial charge in [-0.1, -0.05) is 11.6 Å². The molecule has 3 aliphatic carbocycles. The second kappa shape index (κ2) is 15.4. The van der Waals surface area contributed by atoms with Crippen molar-refractivity contribution >= 4 is 73.1 Å². The van der Waals surface area contributed by atoms with Crippen LogP contribution in [0.15, 0.2) is 27.3 Å². The average Bonchev–Trinajstić information content (AvgIpc) is 3.34. The molecule has 12 heteroatoms. The lowest BCUT2D eigenvalue weighted by atomic mass is 9.77. The molecular weight excluding hydrogens is 743 g/mol. The van der Waals surface area contributed by atoms with Crippen molar-refractivity contribution in [2.24, 2.45) is 17.8 Å². The third kappa shape index (κ3) is 6.23. The molecular formula is C46H49NO11. The second-order valence-corrected chi connectivity index (χ2v) is 16.7. The van der Waals surface area contributed by atoms with E-state index in [1.54, 1.807) is 6.07 Å². The van der Waals surface area contributed by atoms with Crippen molar-refractivity contribution in [3.05, 3.63) is 66.0 Å². The number of aliphatic hydroxyl groups is 2. The number of methoxy groups -OCH3 is 1. The molecule has 0 bridgehead atoms. The van der Waals surface area contributed by atoms with Gasteiger partial charge in [-0.3, -0.25) is 24.0 Å². The predicted molar refractivity (Wildman–Crippen MR) is 221 cm³/mol. The summed E-state index contributed by atoms with van der Waals surface area (Å²) in [6.45, 7) is 3.28. The zero-order chi connectivity index (χ0) is 41.2. The highest BCUT2D eigenvalue weighted by Gasteiger charge is 2.37. The monoisotopic (exact) mass is 791 g/mol. The maximum Gasteiger partial charge on any atom is 0.306 e. The van der Waals surface area contributed by atoms with Crippen LogP contribution < -0.4 is 20.9 Å². The van der Waals surface area contributed by atoms with Gasteiger partial charge in [-0.2, -0.15) is 0 Å². The number of aliphatic carboxylic acids is 1. The largest absolute Gasteiger partial charge is 0.504 e. The fourth-order valence-electron chi connectivity index (χ4n) is 10.8. The maximum absolute atomic E-state index is 15.5. The lowest BCUT2D eigenvalue weighted by Crippen LogP contribution is -2.26. The number of aliphatic hydroxyl groups excluding tert-OH is 2. The molecule has 2 saturated carbocycles. The molecule has 0 amide bonds. The van der Waals surface area contributed by atoms with Crippen molar-refractivity contribution < 1.29 is 44.3 Å². The predicted octanol–water partition coefficient (Wildman–Crippen LogP) is 6.65. The van der Waals surface area contributed by atoms with Crippen molar-refractivity contribution in [3.8, 4) is 11.5 Å². The number of phenols is 1. The molecule has 5 N–H and O–H groups in total. The average molecular weight is 792 g/mol. The molecule has 5 aromatic rings. The van der Waals surface area contributed by atoms with Crippen LogP contribution in [0.4, 0.5) is 5.69 Å². The molecule has 0 saturated heterocycles. The number of fused-ring (bicyclic) bond motifs is 1. The van der Waals surface area contributed by atoms with Crippen LogP contribution >= 0.6 is 0 Å². The van der Waals surface area contributed by atoms with Gasteiger partial charge in [0.25, 0.3) is 6.47 Å². The third-order valence-electron chi connectivity index (χ3n) is 13.5. The van der Waals surface area contributed by atoms with Gasteiger partial charge < -0.3 is 35.2 Å². The van der Waals surface area contributed by atoms with E-state index >= 15 is 4.79 Å². The molecule has 8 rings (SSSR count). The summed E-state index contributed by atoms with van der Waals surface area (Å²) in [6, 6.07) is 3.04. The van der Waals surface area contributed by atoms with Crippen LogP contribution in [0, 0.1) is 17.8 Å². The van der Waals surface area contributed by atoms with Crippen LogP contribution in [0.1, 0.15) is 105 Å². The Balaban J connectivity index is 1.47. The third-order valence-corrected chi connectivity index (χ3v) is 13.5. The fourth-order valence-corrected chi connectivity index (χ4v) is 10.8.